The van der Waals surface area contributed by atoms with Crippen molar-refractivity contribution in [3.63, 3.8) is 0 Å². The molecule has 0 radical (unpaired) electrons. The van der Waals surface area contributed by atoms with Crippen LogP contribution in [0, 0.1) is 0 Å². The third-order valence-electron chi connectivity index (χ3n) is 1.68. The summed E-state index contributed by atoms with van der Waals surface area (Å²) in [6, 6.07) is 7.84. The molecular formula is C11H13ClO. The van der Waals surface area contributed by atoms with Gasteiger partial charge in [-0.15, -0.1) is 11.6 Å². The van der Waals surface area contributed by atoms with Crippen LogP contribution in [0.15, 0.2) is 30.3 Å². The molecule has 13 heavy (non-hydrogen) atoms. The highest BCUT2D eigenvalue weighted by Gasteiger charge is 1.96. The van der Waals surface area contributed by atoms with Gasteiger partial charge in [0, 0.05) is 10.9 Å². The van der Waals surface area contributed by atoms with E-state index in [9.17, 15) is 0 Å². The molecule has 0 aliphatic heterocycles. The smallest absolute Gasteiger partial charge is 0.126 e. The van der Waals surface area contributed by atoms with E-state index in [4.69, 9.17) is 16.3 Å². The monoisotopic (exact) mass is 196 g/mol. The van der Waals surface area contributed by atoms with E-state index in [-0.39, 0.29) is 5.38 Å². The summed E-state index contributed by atoms with van der Waals surface area (Å²) in [6.45, 7) is 1.92. The van der Waals surface area contributed by atoms with Gasteiger partial charge in [-0.3, -0.25) is 0 Å². The molecule has 0 aliphatic rings. The number of hydrogen-bond donors (Lipinski definition) is 0. The Morgan fingerprint density at radius 2 is 2.08 bits per heavy atom. The van der Waals surface area contributed by atoms with Crippen LogP contribution >= 0.6 is 11.6 Å². The van der Waals surface area contributed by atoms with E-state index in [1.807, 2.05) is 43.3 Å². The molecule has 0 bridgehead atoms. The van der Waals surface area contributed by atoms with Crippen molar-refractivity contribution in [2.75, 3.05) is 7.11 Å². The number of methoxy groups -OCH3 is 1. The van der Waals surface area contributed by atoms with Gasteiger partial charge >= 0.3 is 0 Å². The molecule has 1 atom stereocenters. The lowest BCUT2D eigenvalue weighted by atomic mass is 10.2. The van der Waals surface area contributed by atoms with Crippen molar-refractivity contribution in [2.45, 2.75) is 12.3 Å². The van der Waals surface area contributed by atoms with Crippen LogP contribution in [0.5, 0.6) is 5.75 Å². The highest BCUT2D eigenvalue weighted by Crippen LogP contribution is 2.19. The van der Waals surface area contributed by atoms with Crippen molar-refractivity contribution in [1.82, 2.24) is 0 Å². The fourth-order valence-corrected chi connectivity index (χ4v) is 1.11. The van der Waals surface area contributed by atoms with Crippen molar-refractivity contribution in [3.05, 3.63) is 35.9 Å². The molecule has 0 saturated carbocycles. The van der Waals surface area contributed by atoms with Gasteiger partial charge in [-0.2, -0.15) is 0 Å². The molecule has 1 aromatic carbocycles. The molecular weight excluding hydrogens is 184 g/mol. The van der Waals surface area contributed by atoms with Crippen molar-refractivity contribution in [1.29, 1.82) is 0 Å². The minimum atomic E-state index is 0.0462. The van der Waals surface area contributed by atoms with Crippen LogP contribution in [-0.4, -0.2) is 12.5 Å². The Morgan fingerprint density at radius 1 is 1.38 bits per heavy atom. The van der Waals surface area contributed by atoms with E-state index in [0.717, 1.165) is 11.3 Å². The fourth-order valence-electron chi connectivity index (χ4n) is 1.04. The van der Waals surface area contributed by atoms with Gasteiger partial charge in [-0.05, 0) is 13.0 Å². The summed E-state index contributed by atoms with van der Waals surface area (Å²) in [5, 5.41) is 0.0462. The first-order chi connectivity index (χ1) is 6.24. The number of rotatable bonds is 3. The number of allylic oxidation sites excluding steroid dienone is 1. The first-order valence-electron chi connectivity index (χ1n) is 4.19. The third kappa shape index (κ3) is 3.11. The van der Waals surface area contributed by atoms with E-state index in [0.29, 0.717) is 0 Å². The molecule has 0 heterocycles. The summed E-state index contributed by atoms with van der Waals surface area (Å²) >= 11 is 5.80. The predicted molar refractivity (Wildman–Crippen MR) is 57.3 cm³/mol. The molecule has 1 rings (SSSR count). The van der Waals surface area contributed by atoms with E-state index in [1.165, 1.54) is 0 Å². The quantitative estimate of drug-likeness (QED) is 0.674. The topological polar surface area (TPSA) is 9.23 Å². The summed E-state index contributed by atoms with van der Waals surface area (Å²) in [4.78, 5) is 0. The van der Waals surface area contributed by atoms with Crippen LogP contribution in [0.3, 0.4) is 0 Å². The molecule has 0 spiro atoms. The predicted octanol–water partition coefficient (Wildman–Crippen LogP) is 3.34. The first kappa shape index (κ1) is 10.1. The molecule has 0 N–H and O–H groups in total. The zero-order valence-corrected chi connectivity index (χ0v) is 8.58. The summed E-state index contributed by atoms with van der Waals surface area (Å²) in [6.07, 6.45) is 3.90. The summed E-state index contributed by atoms with van der Waals surface area (Å²) in [7, 11) is 1.66. The highest BCUT2D eigenvalue weighted by atomic mass is 35.5. The SMILES string of the molecule is COc1ccccc1/C=C/C(C)Cl. The molecule has 0 saturated heterocycles. The van der Waals surface area contributed by atoms with Gasteiger partial charge < -0.3 is 4.74 Å². The lowest BCUT2D eigenvalue weighted by molar-refractivity contribution is 0.414. The molecule has 0 aliphatic carbocycles. The normalized spacial score (nSPS) is 13.2. The van der Waals surface area contributed by atoms with E-state index >= 15 is 0 Å². The Labute approximate surface area is 84.0 Å². The minimum absolute atomic E-state index is 0.0462. The lowest BCUT2D eigenvalue weighted by Crippen LogP contribution is -1.87. The van der Waals surface area contributed by atoms with E-state index in [1.54, 1.807) is 7.11 Å². The number of alkyl halides is 1. The van der Waals surface area contributed by atoms with Crippen molar-refractivity contribution in [2.24, 2.45) is 0 Å². The van der Waals surface area contributed by atoms with Crippen molar-refractivity contribution >= 4 is 17.7 Å². The number of halogens is 1. The second-order valence-electron chi connectivity index (χ2n) is 2.78. The number of benzene rings is 1. The minimum Gasteiger partial charge on any atom is -0.496 e. The zero-order valence-electron chi connectivity index (χ0n) is 7.83. The van der Waals surface area contributed by atoms with Crippen LogP contribution < -0.4 is 4.74 Å². The zero-order chi connectivity index (χ0) is 9.68. The average Bonchev–Trinajstić information content (AvgIpc) is 2.15. The maximum atomic E-state index is 5.80. The lowest BCUT2D eigenvalue weighted by Gasteiger charge is -2.03. The molecule has 1 aromatic rings. The van der Waals surface area contributed by atoms with Crippen molar-refractivity contribution in [3.8, 4) is 5.75 Å². The molecule has 2 heteroatoms. The second kappa shape index (κ2) is 4.93. The number of para-hydroxylation sites is 1. The molecule has 0 fully saturated rings. The van der Waals surface area contributed by atoms with Crippen LogP contribution in [-0.2, 0) is 0 Å². The van der Waals surface area contributed by atoms with Gasteiger partial charge in [0.25, 0.3) is 0 Å². The van der Waals surface area contributed by atoms with Crippen LogP contribution in [0.4, 0.5) is 0 Å². The van der Waals surface area contributed by atoms with Gasteiger partial charge in [0.15, 0.2) is 0 Å². The van der Waals surface area contributed by atoms with Gasteiger partial charge in [0.2, 0.25) is 0 Å². The highest BCUT2D eigenvalue weighted by molar-refractivity contribution is 6.21. The van der Waals surface area contributed by atoms with Crippen LogP contribution in [0.25, 0.3) is 6.08 Å². The Morgan fingerprint density at radius 3 is 2.69 bits per heavy atom. The van der Waals surface area contributed by atoms with E-state index < -0.39 is 0 Å². The van der Waals surface area contributed by atoms with Crippen molar-refractivity contribution < 1.29 is 4.74 Å². The largest absolute Gasteiger partial charge is 0.496 e. The number of ether oxygens (including phenoxy) is 1. The van der Waals surface area contributed by atoms with Gasteiger partial charge in [-0.25, -0.2) is 0 Å². The Kier molecular flexibility index (Phi) is 3.84. The van der Waals surface area contributed by atoms with Gasteiger partial charge in [0.1, 0.15) is 5.75 Å². The molecule has 0 aromatic heterocycles. The Hall–Kier alpha value is -0.950. The van der Waals surface area contributed by atoms with Gasteiger partial charge in [-0.1, -0.05) is 30.4 Å². The summed E-state index contributed by atoms with van der Waals surface area (Å²) in [5.74, 6) is 0.871. The number of hydrogen-bond acceptors (Lipinski definition) is 1. The first-order valence-corrected chi connectivity index (χ1v) is 4.63. The van der Waals surface area contributed by atoms with Crippen LogP contribution in [0.1, 0.15) is 12.5 Å². The van der Waals surface area contributed by atoms with Gasteiger partial charge in [0.05, 0.1) is 7.11 Å². The molecule has 70 valence electrons. The summed E-state index contributed by atoms with van der Waals surface area (Å²) in [5.41, 5.74) is 1.05. The molecule has 0 amide bonds. The average molecular weight is 197 g/mol. The maximum Gasteiger partial charge on any atom is 0.126 e. The molecule has 1 nitrogen and oxygen atoms in total. The Bertz CT molecular complexity index is 292. The fraction of sp³-hybridized carbons (Fsp3) is 0.273. The summed E-state index contributed by atoms with van der Waals surface area (Å²) < 4.78 is 5.18. The third-order valence-corrected chi connectivity index (χ3v) is 1.83. The standard InChI is InChI=1S/C11H13ClO/c1-9(12)7-8-10-5-3-4-6-11(10)13-2/h3-9H,1-2H3/b8-7+. The molecule has 1 unspecified atom stereocenters. The van der Waals surface area contributed by atoms with Crippen LogP contribution in [0.2, 0.25) is 0 Å². The van der Waals surface area contributed by atoms with E-state index in [2.05, 4.69) is 0 Å². The Balaban J connectivity index is 2.87. The second-order valence-corrected chi connectivity index (χ2v) is 3.47. The maximum absolute atomic E-state index is 5.80.